The fraction of sp³-hybridized carbons (Fsp3) is 0.217. The van der Waals surface area contributed by atoms with Gasteiger partial charge in [0.05, 0.1) is 5.69 Å². The van der Waals surface area contributed by atoms with Gasteiger partial charge in [-0.1, -0.05) is 42.5 Å². The third-order valence-electron chi connectivity index (χ3n) is 5.76. The van der Waals surface area contributed by atoms with Crippen LogP contribution in [0.2, 0.25) is 0 Å². The molecule has 174 valence electrons. The van der Waals surface area contributed by atoms with Crippen LogP contribution in [0.15, 0.2) is 63.9 Å². The van der Waals surface area contributed by atoms with E-state index >= 15 is 0 Å². The summed E-state index contributed by atoms with van der Waals surface area (Å²) in [5.74, 6) is -0.618. The van der Waals surface area contributed by atoms with Crippen LogP contribution in [-0.2, 0) is 14.8 Å². The fourth-order valence-electron chi connectivity index (χ4n) is 4.16. The first-order valence-electron chi connectivity index (χ1n) is 10.7. The summed E-state index contributed by atoms with van der Waals surface area (Å²) in [6.07, 6.45) is 1.21. The van der Waals surface area contributed by atoms with E-state index < -0.39 is 27.9 Å². The molecule has 1 fully saturated rings. The van der Waals surface area contributed by atoms with E-state index in [9.17, 15) is 18.0 Å². The largest absolute Gasteiger partial charge is 0.343 e. The number of sulfonamides is 1. The highest BCUT2D eigenvalue weighted by atomic mass is 32.2. The minimum atomic E-state index is -3.79. The number of nitrogens with zero attached hydrogens (tertiary/aromatic N) is 3. The van der Waals surface area contributed by atoms with Gasteiger partial charge in [0.15, 0.2) is 5.84 Å². The number of carbonyl (C=O) groups excluding carboxylic acids is 2. The molecule has 9 nitrogen and oxygen atoms in total. The Balaban J connectivity index is 1.29. The number of aryl methyl sites for hydroxylation is 1. The molecule has 1 aromatic heterocycles. The summed E-state index contributed by atoms with van der Waals surface area (Å²) in [4.78, 5) is 32.4. The van der Waals surface area contributed by atoms with Crippen LogP contribution in [0.5, 0.6) is 0 Å². The molecule has 1 atom stereocenters. The maximum atomic E-state index is 12.9. The number of amides is 2. The number of fused-ring (bicyclic) bond motifs is 1. The Bertz CT molecular complexity index is 1420. The van der Waals surface area contributed by atoms with Crippen LogP contribution in [0.1, 0.15) is 33.8 Å². The lowest BCUT2D eigenvalue weighted by molar-refractivity contribution is -0.125. The number of aromatic nitrogens is 1. The molecular weight excluding hydrogens is 474 g/mol. The van der Waals surface area contributed by atoms with Crippen LogP contribution in [-0.4, -0.2) is 48.5 Å². The van der Waals surface area contributed by atoms with Crippen molar-refractivity contribution in [1.29, 1.82) is 0 Å². The van der Waals surface area contributed by atoms with Crippen LogP contribution in [0.4, 0.5) is 0 Å². The number of hydrogen-bond acceptors (Lipinski definition) is 7. The number of hydrazine groups is 1. The molecule has 1 saturated heterocycles. The van der Waals surface area contributed by atoms with Gasteiger partial charge in [-0.15, -0.1) is 15.7 Å². The molecule has 11 heteroatoms. The van der Waals surface area contributed by atoms with Crippen molar-refractivity contribution in [3.05, 3.63) is 70.7 Å². The number of carbonyl (C=O) groups is 2. The SMILES string of the molecule is Cc1nc(-c2ccccc2)sc1C(=O)NNC(=O)[C@@H]1CCCN1C1=NS(=O)(=O)c2ccccc21. The fourth-order valence-corrected chi connectivity index (χ4v) is 6.34. The van der Waals surface area contributed by atoms with Crippen LogP contribution in [0, 0.1) is 6.92 Å². The van der Waals surface area contributed by atoms with E-state index in [1.54, 1.807) is 30.0 Å². The summed E-state index contributed by atoms with van der Waals surface area (Å²) >= 11 is 1.25. The highest BCUT2D eigenvalue weighted by molar-refractivity contribution is 7.90. The molecule has 2 aliphatic rings. The molecule has 2 aromatic carbocycles. The van der Waals surface area contributed by atoms with E-state index in [1.807, 2.05) is 30.3 Å². The van der Waals surface area contributed by atoms with Gasteiger partial charge in [0.2, 0.25) is 0 Å². The number of hydrogen-bond donors (Lipinski definition) is 2. The van der Waals surface area contributed by atoms with Gasteiger partial charge >= 0.3 is 0 Å². The number of amidine groups is 1. The number of benzene rings is 2. The van der Waals surface area contributed by atoms with Crippen molar-refractivity contribution in [2.75, 3.05) is 6.54 Å². The third-order valence-corrected chi connectivity index (χ3v) is 8.29. The van der Waals surface area contributed by atoms with E-state index in [4.69, 9.17) is 0 Å². The average molecular weight is 496 g/mol. The van der Waals surface area contributed by atoms with Crippen LogP contribution in [0.25, 0.3) is 10.6 Å². The molecule has 2 N–H and O–H groups in total. The second-order valence-electron chi connectivity index (χ2n) is 7.98. The van der Waals surface area contributed by atoms with Gasteiger partial charge in [0, 0.05) is 17.7 Å². The molecule has 0 spiro atoms. The summed E-state index contributed by atoms with van der Waals surface area (Å²) in [5.41, 5.74) is 6.93. The molecule has 5 rings (SSSR count). The number of nitrogens with one attached hydrogen (secondary N) is 2. The Morgan fingerprint density at radius 3 is 2.59 bits per heavy atom. The Hall–Kier alpha value is -3.57. The molecular formula is C23H21N5O4S2. The Labute approximate surface area is 200 Å². The lowest BCUT2D eigenvalue weighted by Gasteiger charge is -2.25. The Kier molecular flexibility index (Phi) is 5.66. The van der Waals surface area contributed by atoms with Crippen molar-refractivity contribution >= 4 is 39.0 Å². The van der Waals surface area contributed by atoms with Gasteiger partial charge in [0.25, 0.3) is 21.8 Å². The molecule has 2 amide bonds. The predicted octanol–water partition coefficient (Wildman–Crippen LogP) is 2.49. The standard InChI is InChI=1S/C23H21N5O4S2/c1-14-19(33-23(24-14)15-8-3-2-4-9-15)22(30)26-25-21(29)17-11-7-13-28(17)20-16-10-5-6-12-18(16)34(31,32)27-20/h2-6,8-10,12,17H,7,11,13H2,1H3,(H,25,29)(H,26,30)/t17-/m0/s1. The minimum absolute atomic E-state index is 0.138. The molecule has 3 heterocycles. The van der Waals surface area contributed by atoms with Gasteiger partial charge in [-0.3, -0.25) is 20.4 Å². The summed E-state index contributed by atoms with van der Waals surface area (Å²) in [7, 11) is -3.79. The first kappa shape index (κ1) is 22.2. The summed E-state index contributed by atoms with van der Waals surface area (Å²) in [5, 5.41) is 0.718. The van der Waals surface area contributed by atoms with Gasteiger partial charge in [-0.2, -0.15) is 8.42 Å². The smallest absolute Gasteiger partial charge is 0.285 e. The zero-order valence-electron chi connectivity index (χ0n) is 18.2. The van der Waals surface area contributed by atoms with Crippen LogP contribution in [0.3, 0.4) is 0 Å². The quantitative estimate of drug-likeness (QED) is 0.539. The van der Waals surface area contributed by atoms with Crippen LogP contribution < -0.4 is 10.9 Å². The molecule has 0 saturated carbocycles. The highest BCUT2D eigenvalue weighted by Gasteiger charge is 2.39. The Morgan fingerprint density at radius 2 is 1.79 bits per heavy atom. The molecule has 0 bridgehead atoms. The molecule has 2 aliphatic heterocycles. The number of likely N-dealkylation sites (tertiary alicyclic amines) is 1. The van der Waals surface area contributed by atoms with Gasteiger partial charge in [-0.25, -0.2) is 4.98 Å². The highest BCUT2D eigenvalue weighted by Crippen LogP contribution is 2.31. The zero-order valence-corrected chi connectivity index (χ0v) is 19.8. The zero-order chi connectivity index (χ0) is 23.9. The van der Waals surface area contributed by atoms with Crippen molar-refractivity contribution in [1.82, 2.24) is 20.7 Å². The Morgan fingerprint density at radius 1 is 1.06 bits per heavy atom. The van der Waals surface area contributed by atoms with E-state index in [-0.39, 0.29) is 10.7 Å². The van der Waals surface area contributed by atoms with Crippen molar-refractivity contribution in [3.63, 3.8) is 0 Å². The second-order valence-corrected chi connectivity index (χ2v) is 10.6. The lowest BCUT2D eigenvalue weighted by Crippen LogP contribution is -2.51. The van der Waals surface area contributed by atoms with Crippen molar-refractivity contribution in [3.8, 4) is 10.6 Å². The molecule has 0 radical (unpaired) electrons. The van der Waals surface area contributed by atoms with Crippen LogP contribution >= 0.6 is 11.3 Å². The van der Waals surface area contributed by atoms with Gasteiger partial charge in [-0.05, 0) is 31.9 Å². The van der Waals surface area contributed by atoms with E-state index in [0.717, 1.165) is 10.6 Å². The first-order valence-corrected chi connectivity index (χ1v) is 12.9. The van der Waals surface area contributed by atoms with Crippen molar-refractivity contribution in [2.24, 2.45) is 4.40 Å². The minimum Gasteiger partial charge on any atom is -0.343 e. The first-order chi connectivity index (χ1) is 16.3. The second kappa shape index (κ2) is 8.65. The monoisotopic (exact) mass is 495 g/mol. The third kappa shape index (κ3) is 3.97. The van der Waals surface area contributed by atoms with Crippen molar-refractivity contribution in [2.45, 2.75) is 30.7 Å². The van der Waals surface area contributed by atoms with Gasteiger partial charge in [0.1, 0.15) is 20.8 Å². The van der Waals surface area contributed by atoms with Gasteiger partial charge < -0.3 is 4.90 Å². The molecule has 0 unspecified atom stereocenters. The van der Waals surface area contributed by atoms with E-state index in [0.29, 0.717) is 35.5 Å². The summed E-state index contributed by atoms with van der Waals surface area (Å²) in [6.45, 7) is 2.23. The maximum absolute atomic E-state index is 12.9. The average Bonchev–Trinajstić information content (AvgIpc) is 3.54. The lowest BCUT2D eigenvalue weighted by atomic mass is 10.1. The summed E-state index contributed by atoms with van der Waals surface area (Å²) in [6, 6.07) is 15.5. The van der Waals surface area contributed by atoms with E-state index in [2.05, 4.69) is 20.2 Å². The number of thiazole rings is 1. The molecule has 34 heavy (non-hydrogen) atoms. The number of rotatable bonds is 3. The normalized spacial score (nSPS) is 18.3. The van der Waals surface area contributed by atoms with E-state index in [1.165, 1.54) is 17.4 Å². The molecule has 0 aliphatic carbocycles. The molecule has 3 aromatic rings. The summed E-state index contributed by atoms with van der Waals surface area (Å²) < 4.78 is 28.8. The topological polar surface area (TPSA) is 121 Å². The predicted molar refractivity (Wildman–Crippen MR) is 128 cm³/mol. The van der Waals surface area contributed by atoms with Crippen molar-refractivity contribution < 1.29 is 18.0 Å². The maximum Gasteiger partial charge on any atom is 0.285 e.